The van der Waals surface area contributed by atoms with Crippen LogP contribution in [0.15, 0.2) is 59.0 Å². The molecule has 3 rings (SSSR count). The molecule has 0 amide bonds. The van der Waals surface area contributed by atoms with Gasteiger partial charge >= 0.3 is 0 Å². The summed E-state index contributed by atoms with van der Waals surface area (Å²) in [5.74, 6) is 0. The molecule has 110 valence electrons. The van der Waals surface area contributed by atoms with Crippen molar-refractivity contribution in [3.05, 3.63) is 69.5 Å². The Morgan fingerprint density at radius 2 is 1.73 bits per heavy atom. The quantitative estimate of drug-likeness (QED) is 0.495. The third-order valence-corrected chi connectivity index (χ3v) is 4.33. The highest BCUT2D eigenvalue weighted by Gasteiger charge is 2.04. The second kappa shape index (κ2) is 6.92. The van der Waals surface area contributed by atoms with E-state index < -0.39 is 0 Å². The van der Waals surface area contributed by atoms with Crippen LogP contribution in [0.5, 0.6) is 0 Å². The van der Waals surface area contributed by atoms with Crippen molar-refractivity contribution in [2.75, 3.05) is 5.43 Å². The number of aromatic nitrogens is 1. The van der Waals surface area contributed by atoms with Gasteiger partial charge in [0.25, 0.3) is 0 Å². The third-order valence-electron chi connectivity index (χ3n) is 2.93. The maximum absolute atomic E-state index is 6.08. The summed E-state index contributed by atoms with van der Waals surface area (Å²) in [7, 11) is 0. The van der Waals surface area contributed by atoms with E-state index in [0.717, 1.165) is 11.3 Å². The van der Waals surface area contributed by atoms with E-state index in [4.69, 9.17) is 23.2 Å². The number of rotatable bonds is 4. The largest absolute Gasteiger partial charge is 0.253 e. The molecule has 0 unspecified atom stereocenters. The van der Waals surface area contributed by atoms with Gasteiger partial charge in [-0.1, -0.05) is 59.6 Å². The van der Waals surface area contributed by atoms with Crippen LogP contribution in [0.2, 0.25) is 10.0 Å². The lowest BCUT2D eigenvalue weighted by Crippen LogP contribution is -1.91. The van der Waals surface area contributed by atoms with Gasteiger partial charge < -0.3 is 0 Å². The second-order valence-electron chi connectivity index (χ2n) is 4.41. The lowest BCUT2D eigenvalue weighted by molar-refractivity contribution is 1.29. The van der Waals surface area contributed by atoms with E-state index in [1.165, 1.54) is 11.3 Å². The molecule has 0 aliphatic heterocycles. The summed E-state index contributed by atoms with van der Waals surface area (Å²) in [5.41, 5.74) is 5.57. The molecule has 1 heterocycles. The van der Waals surface area contributed by atoms with E-state index >= 15 is 0 Å². The number of hydrazone groups is 1. The van der Waals surface area contributed by atoms with Crippen molar-refractivity contribution < 1.29 is 0 Å². The SMILES string of the molecule is Clc1cccc(Cl)c1/C=N\Nc1nc(-c2ccccc2)cs1. The first-order valence-corrected chi connectivity index (χ1v) is 8.11. The van der Waals surface area contributed by atoms with Crippen LogP contribution in [0.4, 0.5) is 5.13 Å². The van der Waals surface area contributed by atoms with Crippen molar-refractivity contribution >= 4 is 45.9 Å². The summed E-state index contributed by atoms with van der Waals surface area (Å²) in [6.07, 6.45) is 1.59. The molecule has 0 fully saturated rings. The average molecular weight is 348 g/mol. The third kappa shape index (κ3) is 3.47. The molecule has 3 nitrogen and oxygen atoms in total. The Labute approximate surface area is 142 Å². The zero-order valence-corrected chi connectivity index (χ0v) is 13.7. The molecule has 0 atom stereocenters. The first-order chi connectivity index (χ1) is 10.7. The lowest BCUT2D eigenvalue weighted by atomic mass is 10.2. The zero-order chi connectivity index (χ0) is 15.4. The molecular weight excluding hydrogens is 337 g/mol. The molecule has 6 heteroatoms. The van der Waals surface area contributed by atoms with Gasteiger partial charge in [0.15, 0.2) is 0 Å². The fourth-order valence-electron chi connectivity index (χ4n) is 1.85. The molecule has 0 spiro atoms. The Hall–Kier alpha value is -1.88. The second-order valence-corrected chi connectivity index (χ2v) is 6.08. The van der Waals surface area contributed by atoms with Crippen LogP contribution < -0.4 is 5.43 Å². The smallest absolute Gasteiger partial charge is 0.203 e. The highest BCUT2D eigenvalue weighted by Crippen LogP contribution is 2.25. The molecule has 3 aromatic rings. The van der Waals surface area contributed by atoms with Crippen LogP contribution in [-0.2, 0) is 0 Å². The molecule has 0 saturated heterocycles. The Morgan fingerprint density at radius 1 is 1.00 bits per heavy atom. The van der Waals surface area contributed by atoms with Crippen molar-refractivity contribution in [3.63, 3.8) is 0 Å². The molecule has 0 saturated carbocycles. The number of halogens is 2. The summed E-state index contributed by atoms with van der Waals surface area (Å²) in [6, 6.07) is 15.3. The van der Waals surface area contributed by atoms with E-state index in [2.05, 4.69) is 15.5 Å². The Balaban J connectivity index is 1.72. The topological polar surface area (TPSA) is 37.3 Å². The molecular formula is C16H11Cl2N3S. The van der Waals surface area contributed by atoms with Crippen LogP contribution in [0.3, 0.4) is 0 Å². The van der Waals surface area contributed by atoms with Gasteiger partial charge in [-0.15, -0.1) is 11.3 Å². The minimum absolute atomic E-state index is 0.558. The number of nitrogens with zero attached hydrogens (tertiary/aromatic N) is 2. The van der Waals surface area contributed by atoms with Crippen LogP contribution in [0, 0.1) is 0 Å². The number of hydrogen-bond acceptors (Lipinski definition) is 4. The molecule has 0 aliphatic carbocycles. The molecule has 0 aliphatic rings. The van der Waals surface area contributed by atoms with Crippen LogP contribution in [-0.4, -0.2) is 11.2 Å². The number of benzene rings is 2. The first-order valence-electron chi connectivity index (χ1n) is 6.48. The van der Waals surface area contributed by atoms with Crippen LogP contribution in [0.1, 0.15) is 5.56 Å². The summed E-state index contributed by atoms with van der Waals surface area (Å²) in [6.45, 7) is 0. The van der Waals surface area contributed by atoms with Gasteiger partial charge in [0.05, 0.1) is 22.0 Å². The monoisotopic (exact) mass is 347 g/mol. The van der Waals surface area contributed by atoms with Gasteiger partial charge in [-0.2, -0.15) is 5.10 Å². The van der Waals surface area contributed by atoms with E-state index in [1.807, 2.05) is 35.7 Å². The zero-order valence-electron chi connectivity index (χ0n) is 11.3. The maximum atomic E-state index is 6.08. The highest BCUT2D eigenvalue weighted by atomic mass is 35.5. The van der Waals surface area contributed by atoms with Crippen molar-refractivity contribution in [2.45, 2.75) is 0 Å². The molecule has 1 aromatic heterocycles. The van der Waals surface area contributed by atoms with Gasteiger partial charge in [0.1, 0.15) is 0 Å². The van der Waals surface area contributed by atoms with Gasteiger partial charge in [-0.05, 0) is 12.1 Å². The Bertz CT molecular complexity index is 780. The summed E-state index contributed by atoms with van der Waals surface area (Å²) >= 11 is 13.6. The first kappa shape index (κ1) is 15.0. The Kier molecular flexibility index (Phi) is 4.73. The van der Waals surface area contributed by atoms with Crippen molar-refractivity contribution in [2.24, 2.45) is 5.10 Å². The Morgan fingerprint density at radius 3 is 2.45 bits per heavy atom. The fourth-order valence-corrected chi connectivity index (χ4v) is 3.02. The predicted molar refractivity (Wildman–Crippen MR) is 95.2 cm³/mol. The summed E-state index contributed by atoms with van der Waals surface area (Å²) in [4.78, 5) is 4.48. The van der Waals surface area contributed by atoms with E-state index in [1.54, 1.807) is 24.4 Å². The molecule has 1 N–H and O–H groups in total. The normalized spacial score (nSPS) is 11.0. The summed E-state index contributed by atoms with van der Waals surface area (Å²) in [5, 5.41) is 7.95. The standard InChI is InChI=1S/C16H11Cl2N3S/c17-13-7-4-8-14(18)12(13)9-19-21-16-20-15(10-22-16)11-5-2-1-3-6-11/h1-10H,(H,20,21)/b19-9-. The summed E-state index contributed by atoms with van der Waals surface area (Å²) < 4.78 is 0. The van der Waals surface area contributed by atoms with Crippen molar-refractivity contribution in [1.29, 1.82) is 0 Å². The molecule has 0 bridgehead atoms. The van der Waals surface area contributed by atoms with Crippen LogP contribution in [0.25, 0.3) is 11.3 Å². The van der Waals surface area contributed by atoms with E-state index in [9.17, 15) is 0 Å². The van der Waals surface area contributed by atoms with Gasteiger partial charge in [0.2, 0.25) is 5.13 Å². The molecule has 22 heavy (non-hydrogen) atoms. The maximum Gasteiger partial charge on any atom is 0.203 e. The number of anilines is 1. The van der Waals surface area contributed by atoms with Crippen molar-refractivity contribution in [1.82, 2.24) is 4.98 Å². The average Bonchev–Trinajstić information content (AvgIpc) is 3.00. The van der Waals surface area contributed by atoms with Gasteiger partial charge in [0, 0.05) is 16.5 Å². The minimum atomic E-state index is 0.558. The van der Waals surface area contributed by atoms with E-state index in [0.29, 0.717) is 20.7 Å². The minimum Gasteiger partial charge on any atom is -0.253 e. The highest BCUT2D eigenvalue weighted by molar-refractivity contribution is 7.14. The number of nitrogens with one attached hydrogen (secondary N) is 1. The van der Waals surface area contributed by atoms with Crippen LogP contribution >= 0.6 is 34.5 Å². The number of thiazole rings is 1. The molecule has 0 radical (unpaired) electrons. The lowest BCUT2D eigenvalue weighted by Gasteiger charge is -2.00. The van der Waals surface area contributed by atoms with Gasteiger partial charge in [-0.25, -0.2) is 4.98 Å². The van der Waals surface area contributed by atoms with Gasteiger partial charge in [-0.3, -0.25) is 5.43 Å². The molecule has 2 aromatic carbocycles. The van der Waals surface area contributed by atoms with Crippen molar-refractivity contribution in [3.8, 4) is 11.3 Å². The van der Waals surface area contributed by atoms with E-state index in [-0.39, 0.29) is 0 Å². The predicted octanol–water partition coefficient (Wildman–Crippen LogP) is 5.56. The fraction of sp³-hybridized carbons (Fsp3) is 0. The number of hydrogen-bond donors (Lipinski definition) is 1.